The predicted molar refractivity (Wildman–Crippen MR) is 118 cm³/mol. The maximum atomic E-state index is 12.2. The number of aryl methyl sites for hydroxylation is 2. The highest BCUT2D eigenvalue weighted by molar-refractivity contribution is 8.00. The van der Waals surface area contributed by atoms with Gasteiger partial charge in [-0.1, -0.05) is 35.2 Å². The Hall–Kier alpha value is -3.18. The zero-order valence-electron chi connectivity index (χ0n) is 17.0. The SMILES string of the molecule is Cc1cc2nc(CSc3nnc(NC(=O)COc4cccc(C)c4C)s3)cc(=O)n2o1. The maximum absolute atomic E-state index is 12.2. The average Bonchev–Trinajstić information content (AvgIpc) is 3.33. The van der Waals surface area contributed by atoms with Crippen LogP contribution in [-0.2, 0) is 10.5 Å². The number of thioether (sulfide) groups is 1. The van der Waals surface area contributed by atoms with Crippen LogP contribution >= 0.6 is 23.1 Å². The fraction of sp³-hybridized carbons (Fsp3) is 0.250. The van der Waals surface area contributed by atoms with Crippen molar-refractivity contribution in [1.29, 1.82) is 0 Å². The van der Waals surface area contributed by atoms with E-state index in [1.165, 1.54) is 29.2 Å². The molecule has 4 aromatic rings. The summed E-state index contributed by atoms with van der Waals surface area (Å²) in [6, 6.07) is 8.84. The van der Waals surface area contributed by atoms with Crippen LogP contribution in [-0.4, -0.2) is 32.3 Å². The van der Waals surface area contributed by atoms with Crippen molar-refractivity contribution in [3.05, 3.63) is 63.3 Å². The molecule has 0 aliphatic carbocycles. The summed E-state index contributed by atoms with van der Waals surface area (Å²) in [7, 11) is 0. The molecule has 0 aliphatic rings. The second-order valence-corrected chi connectivity index (χ2v) is 8.98. The number of nitrogens with one attached hydrogen (secondary N) is 1. The highest BCUT2D eigenvalue weighted by atomic mass is 32.2. The monoisotopic (exact) mass is 457 g/mol. The van der Waals surface area contributed by atoms with Gasteiger partial charge >= 0.3 is 0 Å². The van der Waals surface area contributed by atoms with Crippen molar-refractivity contribution in [2.24, 2.45) is 0 Å². The number of amides is 1. The topological polar surface area (TPSA) is 112 Å². The smallest absolute Gasteiger partial charge is 0.287 e. The molecule has 4 rings (SSSR count). The lowest BCUT2D eigenvalue weighted by molar-refractivity contribution is -0.118. The van der Waals surface area contributed by atoms with Crippen molar-refractivity contribution in [3.63, 3.8) is 0 Å². The molecule has 11 heteroatoms. The van der Waals surface area contributed by atoms with Crippen LogP contribution < -0.4 is 15.6 Å². The van der Waals surface area contributed by atoms with Gasteiger partial charge in [0, 0.05) is 17.9 Å². The second-order valence-electron chi connectivity index (χ2n) is 6.78. The lowest BCUT2D eigenvalue weighted by Crippen LogP contribution is -2.20. The zero-order valence-corrected chi connectivity index (χ0v) is 18.7. The van der Waals surface area contributed by atoms with Crippen LogP contribution in [0.2, 0.25) is 0 Å². The third kappa shape index (κ3) is 4.94. The number of carbonyl (C=O) groups excluding carboxylic acids is 1. The largest absolute Gasteiger partial charge is 0.483 e. The van der Waals surface area contributed by atoms with Crippen molar-refractivity contribution < 1.29 is 14.1 Å². The molecule has 1 aromatic carbocycles. The van der Waals surface area contributed by atoms with E-state index in [0.29, 0.717) is 38.1 Å². The summed E-state index contributed by atoms with van der Waals surface area (Å²) in [4.78, 5) is 28.7. The van der Waals surface area contributed by atoms with Crippen LogP contribution in [0.25, 0.3) is 5.65 Å². The lowest BCUT2D eigenvalue weighted by atomic mass is 10.1. The third-order valence-corrected chi connectivity index (χ3v) is 6.44. The number of aromatic nitrogens is 4. The van der Waals surface area contributed by atoms with E-state index in [4.69, 9.17) is 9.26 Å². The Kier molecular flexibility index (Phi) is 6.05. The first-order chi connectivity index (χ1) is 14.9. The Balaban J connectivity index is 1.32. The molecule has 9 nitrogen and oxygen atoms in total. The average molecular weight is 458 g/mol. The Morgan fingerprint density at radius 3 is 2.94 bits per heavy atom. The molecule has 0 saturated heterocycles. The lowest BCUT2D eigenvalue weighted by Gasteiger charge is -2.10. The summed E-state index contributed by atoms with van der Waals surface area (Å²) >= 11 is 2.62. The van der Waals surface area contributed by atoms with Gasteiger partial charge in [-0.2, -0.15) is 0 Å². The van der Waals surface area contributed by atoms with Gasteiger partial charge in [-0.05, 0) is 38.0 Å². The molecular weight excluding hydrogens is 438 g/mol. The number of anilines is 1. The molecule has 0 bridgehead atoms. The van der Waals surface area contributed by atoms with Gasteiger partial charge in [0.15, 0.2) is 16.6 Å². The van der Waals surface area contributed by atoms with Crippen LogP contribution in [0.4, 0.5) is 5.13 Å². The second kappa shape index (κ2) is 8.90. The number of carbonyl (C=O) groups is 1. The van der Waals surface area contributed by atoms with Crippen molar-refractivity contribution in [2.75, 3.05) is 11.9 Å². The first-order valence-corrected chi connectivity index (χ1v) is 11.1. The van der Waals surface area contributed by atoms with Gasteiger partial charge in [-0.3, -0.25) is 14.9 Å². The van der Waals surface area contributed by atoms with Gasteiger partial charge in [-0.25, -0.2) is 4.98 Å². The number of ether oxygens (including phenoxy) is 1. The molecule has 0 aliphatic heterocycles. The van der Waals surface area contributed by atoms with Crippen LogP contribution in [0.15, 0.2) is 44.0 Å². The molecule has 0 atom stereocenters. The molecule has 0 unspecified atom stereocenters. The van der Waals surface area contributed by atoms with Gasteiger partial charge in [0.05, 0.1) is 5.69 Å². The standard InChI is InChI=1S/C20H19N5O4S2/c1-11-5-4-6-15(13(11)3)28-9-17(26)22-19-23-24-20(31-19)30-10-14-8-18(27)25-16(21-14)7-12(2)29-25/h4-8H,9-10H2,1-3H3,(H,22,23,26). The summed E-state index contributed by atoms with van der Waals surface area (Å²) in [5.74, 6) is 1.41. The van der Waals surface area contributed by atoms with Crippen molar-refractivity contribution in [3.8, 4) is 5.75 Å². The van der Waals surface area contributed by atoms with Crippen LogP contribution in [0.1, 0.15) is 22.6 Å². The molecular formula is C20H19N5O4S2. The maximum Gasteiger partial charge on any atom is 0.287 e. The van der Waals surface area contributed by atoms with Gasteiger partial charge in [0.2, 0.25) is 5.13 Å². The quantitative estimate of drug-likeness (QED) is 0.332. The number of nitrogens with zero attached hydrogens (tertiary/aromatic N) is 4. The van der Waals surface area contributed by atoms with Gasteiger partial charge in [0.25, 0.3) is 11.5 Å². The van der Waals surface area contributed by atoms with E-state index >= 15 is 0 Å². The zero-order chi connectivity index (χ0) is 22.0. The predicted octanol–water partition coefficient (Wildman–Crippen LogP) is 3.37. The van der Waals surface area contributed by atoms with Gasteiger partial charge < -0.3 is 9.26 Å². The van der Waals surface area contributed by atoms with Gasteiger partial charge in [-0.15, -0.1) is 14.8 Å². The summed E-state index contributed by atoms with van der Waals surface area (Å²) in [6.45, 7) is 5.58. The van der Waals surface area contributed by atoms with E-state index in [-0.39, 0.29) is 18.1 Å². The van der Waals surface area contributed by atoms with Gasteiger partial charge in [0.1, 0.15) is 11.5 Å². The number of hydrogen-bond donors (Lipinski definition) is 1. The van der Waals surface area contributed by atoms with Crippen LogP contribution in [0, 0.1) is 20.8 Å². The molecule has 31 heavy (non-hydrogen) atoms. The fourth-order valence-electron chi connectivity index (χ4n) is 2.78. The number of fused-ring (bicyclic) bond motifs is 1. The summed E-state index contributed by atoms with van der Waals surface area (Å²) in [6.07, 6.45) is 0. The van der Waals surface area contributed by atoms with Crippen LogP contribution in [0.3, 0.4) is 0 Å². The molecule has 1 amide bonds. The minimum absolute atomic E-state index is 0.121. The van der Waals surface area contributed by atoms with E-state index in [0.717, 1.165) is 15.7 Å². The van der Waals surface area contributed by atoms with E-state index in [1.807, 2.05) is 32.0 Å². The molecule has 0 fully saturated rings. The summed E-state index contributed by atoms with van der Waals surface area (Å²) in [5, 5.41) is 11.1. The molecule has 3 heterocycles. The number of hydrogen-bond acceptors (Lipinski definition) is 9. The first-order valence-electron chi connectivity index (χ1n) is 9.34. The van der Waals surface area contributed by atoms with Crippen LogP contribution in [0.5, 0.6) is 5.75 Å². The number of benzene rings is 1. The molecule has 3 aromatic heterocycles. The van der Waals surface area contributed by atoms with Crippen molar-refractivity contribution >= 4 is 39.8 Å². The van der Waals surface area contributed by atoms with Crippen molar-refractivity contribution in [1.82, 2.24) is 19.8 Å². The minimum Gasteiger partial charge on any atom is -0.483 e. The third-order valence-electron chi connectivity index (χ3n) is 4.43. The summed E-state index contributed by atoms with van der Waals surface area (Å²) < 4.78 is 12.7. The van der Waals surface area contributed by atoms with E-state index < -0.39 is 0 Å². The normalized spacial score (nSPS) is 11.1. The molecule has 0 saturated carbocycles. The Morgan fingerprint density at radius 1 is 1.26 bits per heavy atom. The molecule has 0 spiro atoms. The van der Waals surface area contributed by atoms with E-state index in [2.05, 4.69) is 20.5 Å². The highest BCUT2D eigenvalue weighted by Crippen LogP contribution is 2.28. The van der Waals surface area contributed by atoms with Crippen molar-refractivity contribution in [2.45, 2.75) is 30.9 Å². The fourth-order valence-corrected chi connectivity index (χ4v) is 4.44. The Bertz CT molecular complexity index is 1310. The van der Waals surface area contributed by atoms with E-state index in [1.54, 1.807) is 13.0 Å². The Labute approximate surface area is 185 Å². The summed E-state index contributed by atoms with van der Waals surface area (Å²) in [5.41, 5.74) is 2.90. The minimum atomic E-state index is -0.316. The first kappa shape index (κ1) is 21.1. The molecule has 1 N–H and O–H groups in total. The Morgan fingerprint density at radius 2 is 2.10 bits per heavy atom. The molecule has 160 valence electrons. The highest BCUT2D eigenvalue weighted by Gasteiger charge is 2.12. The number of rotatable bonds is 7. The van der Waals surface area contributed by atoms with E-state index in [9.17, 15) is 9.59 Å². The molecule has 0 radical (unpaired) electrons.